The SMILES string of the molecule is O=C(O)C=Cc1ccc(O)c(O[C@@H]2O[C@H](CO)[C@@H](O)[C@H](O)[C@H]2O)c1. The zero-order valence-corrected chi connectivity index (χ0v) is 12.4. The Morgan fingerprint density at radius 3 is 2.54 bits per heavy atom. The zero-order valence-electron chi connectivity index (χ0n) is 12.4. The van der Waals surface area contributed by atoms with Gasteiger partial charge in [0.05, 0.1) is 6.61 Å². The molecule has 1 aromatic carbocycles. The van der Waals surface area contributed by atoms with E-state index >= 15 is 0 Å². The van der Waals surface area contributed by atoms with Crippen LogP contribution < -0.4 is 4.74 Å². The molecule has 0 aromatic heterocycles. The molecule has 2 rings (SSSR count). The van der Waals surface area contributed by atoms with Crippen LogP contribution in [0.15, 0.2) is 24.3 Å². The lowest BCUT2D eigenvalue weighted by Crippen LogP contribution is -2.60. The summed E-state index contributed by atoms with van der Waals surface area (Å²) in [7, 11) is 0. The van der Waals surface area contributed by atoms with Crippen molar-refractivity contribution in [3.63, 3.8) is 0 Å². The molecule has 0 spiro atoms. The number of rotatable bonds is 5. The summed E-state index contributed by atoms with van der Waals surface area (Å²) in [6, 6.07) is 3.99. The fourth-order valence-corrected chi connectivity index (χ4v) is 2.19. The van der Waals surface area contributed by atoms with Gasteiger partial charge in [-0.25, -0.2) is 4.79 Å². The number of phenols is 1. The molecule has 1 aliphatic rings. The van der Waals surface area contributed by atoms with Crippen LogP contribution in [-0.2, 0) is 9.53 Å². The zero-order chi connectivity index (χ0) is 17.9. The van der Waals surface area contributed by atoms with Crippen molar-refractivity contribution in [2.75, 3.05) is 6.61 Å². The highest BCUT2D eigenvalue weighted by Crippen LogP contribution is 2.31. The van der Waals surface area contributed by atoms with E-state index in [0.717, 1.165) is 6.08 Å². The van der Waals surface area contributed by atoms with E-state index in [9.17, 15) is 25.2 Å². The van der Waals surface area contributed by atoms with Crippen LogP contribution in [0.3, 0.4) is 0 Å². The second kappa shape index (κ2) is 7.60. The predicted molar refractivity (Wildman–Crippen MR) is 79.2 cm³/mol. The molecule has 5 atom stereocenters. The first-order valence-corrected chi connectivity index (χ1v) is 7.04. The van der Waals surface area contributed by atoms with E-state index in [4.69, 9.17) is 19.7 Å². The number of aliphatic hydroxyl groups excluding tert-OH is 4. The lowest BCUT2D eigenvalue weighted by atomic mass is 9.99. The second-order valence-corrected chi connectivity index (χ2v) is 5.21. The van der Waals surface area contributed by atoms with Crippen LogP contribution in [-0.4, -0.2) is 73.9 Å². The molecule has 0 unspecified atom stereocenters. The average Bonchev–Trinajstić information content (AvgIpc) is 2.55. The lowest BCUT2D eigenvalue weighted by Gasteiger charge is -2.39. The standard InChI is InChI=1S/C15H18O9/c16-6-10-12(20)13(21)14(22)15(24-10)23-9-5-7(1-3-8(9)17)2-4-11(18)19/h1-5,10,12-17,20-22H,6H2,(H,18,19)/t10-,12-,13+,14-,15-/m1/s1. The molecule has 1 aromatic rings. The number of carbonyl (C=O) groups is 1. The average molecular weight is 342 g/mol. The number of aliphatic hydroxyl groups is 4. The minimum atomic E-state index is -1.62. The molecule has 0 radical (unpaired) electrons. The number of aromatic hydroxyl groups is 1. The number of benzene rings is 1. The third-order valence-electron chi connectivity index (χ3n) is 3.49. The van der Waals surface area contributed by atoms with Crippen molar-refractivity contribution in [1.82, 2.24) is 0 Å². The summed E-state index contributed by atoms with van der Waals surface area (Å²) in [5.74, 6) is -1.59. The van der Waals surface area contributed by atoms with Crippen LogP contribution in [0.5, 0.6) is 11.5 Å². The number of carboxylic acid groups (broad SMARTS) is 1. The smallest absolute Gasteiger partial charge is 0.328 e. The van der Waals surface area contributed by atoms with Gasteiger partial charge in [-0.2, -0.15) is 0 Å². The Hall–Kier alpha value is -2.17. The van der Waals surface area contributed by atoms with Gasteiger partial charge in [-0.15, -0.1) is 0 Å². The Kier molecular flexibility index (Phi) is 5.75. The van der Waals surface area contributed by atoms with Gasteiger partial charge in [0.25, 0.3) is 0 Å². The van der Waals surface area contributed by atoms with Crippen LogP contribution >= 0.6 is 0 Å². The highest BCUT2D eigenvalue weighted by Gasteiger charge is 2.44. The molecule has 1 heterocycles. The minimum Gasteiger partial charge on any atom is -0.504 e. The Labute approximate surface area is 136 Å². The molecule has 0 bridgehead atoms. The first-order valence-electron chi connectivity index (χ1n) is 7.04. The van der Waals surface area contributed by atoms with Crippen molar-refractivity contribution in [2.24, 2.45) is 0 Å². The first-order chi connectivity index (χ1) is 11.3. The van der Waals surface area contributed by atoms with Gasteiger partial charge in [0.2, 0.25) is 6.29 Å². The third-order valence-corrected chi connectivity index (χ3v) is 3.49. The molecule has 1 fully saturated rings. The van der Waals surface area contributed by atoms with Gasteiger partial charge in [-0.1, -0.05) is 6.07 Å². The Balaban J connectivity index is 2.20. The normalized spacial score (nSPS) is 30.4. The number of carboxylic acids is 1. The summed E-state index contributed by atoms with van der Waals surface area (Å²) in [6.07, 6.45) is -5.20. The van der Waals surface area contributed by atoms with E-state index in [1.54, 1.807) is 0 Å². The van der Waals surface area contributed by atoms with E-state index in [1.165, 1.54) is 24.3 Å². The monoisotopic (exact) mass is 342 g/mol. The van der Waals surface area contributed by atoms with Crippen molar-refractivity contribution in [3.8, 4) is 11.5 Å². The van der Waals surface area contributed by atoms with Crippen LogP contribution in [0, 0.1) is 0 Å². The van der Waals surface area contributed by atoms with E-state index in [-0.39, 0.29) is 11.5 Å². The number of aliphatic carboxylic acids is 1. The van der Waals surface area contributed by atoms with Crippen LogP contribution in [0.4, 0.5) is 0 Å². The van der Waals surface area contributed by atoms with Gasteiger partial charge in [0.15, 0.2) is 11.5 Å². The molecule has 24 heavy (non-hydrogen) atoms. The maximum absolute atomic E-state index is 10.5. The summed E-state index contributed by atoms with van der Waals surface area (Å²) in [4.78, 5) is 10.5. The first kappa shape index (κ1) is 18.2. The fraction of sp³-hybridized carbons (Fsp3) is 0.400. The predicted octanol–water partition coefficient (Wildman–Crippen LogP) is -1.33. The number of ether oxygens (including phenoxy) is 2. The van der Waals surface area contributed by atoms with Gasteiger partial charge in [-0.05, 0) is 23.8 Å². The number of phenolic OH excluding ortho intramolecular Hbond substituents is 1. The highest BCUT2D eigenvalue weighted by atomic mass is 16.7. The van der Waals surface area contributed by atoms with Crippen LogP contribution in [0.25, 0.3) is 6.08 Å². The molecule has 6 N–H and O–H groups in total. The van der Waals surface area contributed by atoms with Crippen molar-refractivity contribution >= 4 is 12.0 Å². The van der Waals surface area contributed by atoms with E-state index in [2.05, 4.69) is 0 Å². The lowest BCUT2D eigenvalue weighted by molar-refractivity contribution is -0.277. The van der Waals surface area contributed by atoms with Crippen LogP contribution in [0.1, 0.15) is 5.56 Å². The van der Waals surface area contributed by atoms with E-state index in [0.29, 0.717) is 5.56 Å². The van der Waals surface area contributed by atoms with Crippen molar-refractivity contribution in [1.29, 1.82) is 0 Å². The molecule has 0 aliphatic carbocycles. The van der Waals surface area contributed by atoms with Crippen molar-refractivity contribution < 1.29 is 44.9 Å². The van der Waals surface area contributed by atoms with Gasteiger partial charge in [-0.3, -0.25) is 0 Å². The molecular formula is C15H18O9. The van der Waals surface area contributed by atoms with Crippen LogP contribution in [0.2, 0.25) is 0 Å². The summed E-state index contributed by atoms with van der Waals surface area (Å²) in [6.45, 7) is -0.613. The van der Waals surface area contributed by atoms with E-state index in [1.807, 2.05) is 0 Å². The minimum absolute atomic E-state index is 0.133. The van der Waals surface area contributed by atoms with Crippen molar-refractivity contribution in [3.05, 3.63) is 29.8 Å². The number of hydrogen-bond donors (Lipinski definition) is 6. The molecule has 9 heteroatoms. The maximum Gasteiger partial charge on any atom is 0.328 e. The topological polar surface area (TPSA) is 157 Å². The summed E-state index contributed by atoms with van der Waals surface area (Å²) in [5, 5.41) is 56.8. The van der Waals surface area contributed by atoms with Gasteiger partial charge in [0.1, 0.15) is 24.4 Å². The van der Waals surface area contributed by atoms with Gasteiger partial charge < -0.3 is 40.1 Å². The second-order valence-electron chi connectivity index (χ2n) is 5.21. The highest BCUT2D eigenvalue weighted by molar-refractivity contribution is 5.85. The van der Waals surface area contributed by atoms with E-state index < -0.39 is 43.3 Å². The van der Waals surface area contributed by atoms with Gasteiger partial charge in [0, 0.05) is 6.08 Å². The Morgan fingerprint density at radius 1 is 1.21 bits per heavy atom. The summed E-state index contributed by atoms with van der Waals surface area (Å²) in [5.41, 5.74) is 0.398. The molecule has 9 nitrogen and oxygen atoms in total. The molecule has 1 saturated heterocycles. The molecule has 0 amide bonds. The number of hydrogen-bond acceptors (Lipinski definition) is 8. The van der Waals surface area contributed by atoms with Crippen molar-refractivity contribution in [2.45, 2.75) is 30.7 Å². The third kappa shape index (κ3) is 4.02. The Bertz CT molecular complexity index is 613. The fourth-order valence-electron chi connectivity index (χ4n) is 2.19. The van der Waals surface area contributed by atoms with Gasteiger partial charge >= 0.3 is 5.97 Å². The molecule has 0 saturated carbocycles. The maximum atomic E-state index is 10.5. The Morgan fingerprint density at radius 2 is 1.92 bits per heavy atom. The summed E-state index contributed by atoms with van der Waals surface area (Å²) < 4.78 is 10.5. The summed E-state index contributed by atoms with van der Waals surface area (Å²) >= 11 is 0. The largest absolute Gasteiger partial charge is 0.504 e. The molecule has 132 valence electrons. The quantitative estimate of drug-likeness (QED) is 0.357. The molecular weight excluding hydrogens is 324 g/mol. The molecule has 1 aliphatic heterocycles.